The van der Waals surface area contributed by atoms with E-state index in [1.807, 2.05) is 13.0 Å². The zero-order valence-electron chi connectivity index (χ0n) is 18.3. The highest BCUT2D eigenvalue weighted by Gasteiger charge is 2.44. The second-order valence-corrected chi connectivity index (χ2v) is 9.70. The van der Waals surface area contributed by atoms with Gasteiger partial charge in [-0.2, -0.15) is 10.4 Å². The first-order valence-corrected chi connectivity index (χ1v) is 11.3. The van der Waals surface area contributed by atoms with Gasteiger partial charge in [-0.3, -0.25) is 0 Å². The third-order valence-electron chi connectivity index (χ3n) is 6.96. The van der Waals surface area contributed by atoms with Crippen LogP contribution >= 0.6 is 11.6 Å². The molecule has 2 saturated heterocycles. The Morgan fingerprint density at radius 1 is 1.17 bits per heavy atom. The molecule has 0 N–H and O–H groups in total. The third kappa shape index (κ3) is 3.74. The fourth-order valence-corrected chi connectivity index (χ4v) is 5.30. The van der Waals surface area contributed by atoms with E-state index in [0.29, 0.717) is 28.0 Å². The molecule has 0 bridgehead atoms. The maximum Gasteiger partial charge on any atom is 0.151 e. The first-order chi connectivity index (χ1) is 14.3. The minimum Gasteiger partial charge on any atom is -0.368 e. The topological polar surface area (TPSA) is 56.1 Å². The predicted octanol–water partition coefficient (Wildman–Crippen LogP) is 5.32. The second-order valence-electron chi connectivity index (χ2n) is 9.32. The Morgan fingerprint density at radius 2 is 1.90 bits per heavy atom. The third-order valence-corrected chi connectivity index (χ3v) is 7.45. The maximum atomic E-state index is 9.25. The summed E-state index contributed by atoms with van der Waals surface area (Å²) in [7, 11) is 0. The molecular weight excluding hydrogens is 394 g/mol. The fourth-order valence-electron chi connectivity index (χ4n) is 5.10. The van der Waals surface area contributed by atoms with Crippen LogP contribution in [0.3, 0.4) is 0 Å². The SMILES string of the molecule is Cc1c(N2CC3(CCN(c4ccc(C(C)C)nn4)CC3)C[C@@H]2C)ccc(C#N)c1Cl. The minimum absolute atomic E-state index is 0.327. The van der Waals surface area contributed by atoms with E-state index in [-0.39, 0.29) is 0 Å². The molecule has 0 aliphatic carbocycles. The highest BCUT2D eigenvalue weighted by Crippen LogP contribution is 2.46. The summed E-state index contributed by atoms with van der Waals surface area (Å²) in [4.78, 5) is 4.87. The molecule has 3 heterocycles. The van der Waals surface area contributed by atoms with Gasteiger partial charge in [-0.25, -0.2) is 0 Å². The molecule has 0 saturated carbocycles. The number of benzene rings is 1. The maximum absolute atomic E-state index is 9.25. The normalized spacial score (nSPS) is 20.8. The molecule has 1 aromatic heterocycles. The number of piperidine rings is 1. The van der Waals surface area contributed by atoms with Gasteiger partial charge < -0.3 is 9.80 Å². The zero-order valence-corrected chi connectivity index (χ0v) is 19.1. The summed E-state index contributed by atoms with van der Waals surface area (Å²) >= 11 is 6.45. The molecule has 2 aromatic rings. The molecule has 6 heteroatoms. The molecule has 1 atom stereocenters. The van der Waals surface area contributed by atoms with Gasteiger partial charge in [0.2, 0.25) is 0 Å². The van der Waals surface area contributed by atoms with Gasteiger partial charge in [0.1, 0.15) is 6.07 Å². The quantitative estimate of drug-likeness (QED) is 0.668. The van der Waals surface area contributed by atoms with Gasteiger partial charge in [-0.15, -0.1) is 5.10 Å². The molecule has 5 nitrogen and oxygen atoms in total. The van der Waals surface area contributed by atoms with Crippen molar-refractivity contribution in [2.24, 2.45) is 5.41 Å². The van der Waals surface area contributed by atoms with Crippen LogP contribution in [0.5, 0.6) is 0 Å². The molecule has 158 valence electrons. The molecule has 4 rings (SSSR count). The largest absolute Gasteiger partial charge is 0.368 e. The number of halogens is 1. The number of hydrogen-bond acceptors (Lipinski definition) is 5. The Bertz CT molecular complexity index is 955. The van der Waals surface area contributed by atoms with Gasteiger partial charge in [-0.1, -0.05) is 25.4 Å². The molecule has 1 spiro atoms. The van der Waals surface area contributed by atoms with E-state index in [2.05, 4.69) is 65.0 Å². The van der Waals surface area contributed by atoms with Crippen LogP contribution in [0, 0.1) is 23.7 Å². The summed E-state index contributed by atoms with van der Waals surface area (Å²) < 4.78 is 0. The highest BCUT2D eigenvalue weighted by molar-refractivity contribution is 6.32. The standard InChI is InChI=1S/C24H30ClN5/c1-16(2)20-6-8-22(28-27-20)29-11-9-24(10-12-29)13-17(3)30(15-24)21-7-5-19(14-26)23(25)18(21)4/h5-8,16-17H,9-13,15H2,1-4H3/t17-/m0/s1. The van der Waals surface area contributed by atoms with Crippen molar-refractivity contribution in [2.45, 2.75) is 58.9 Å². The van der Waals surface area contributed by atoms with Crippen molar-refractivity contribution in [2.75, 3.05) is 29.4 Å². The number of aromatic nitrogens is 2. The molecular formula is C24H30ClN5. The molecule has 2 aliphatic heterocycles. The van der Waals surface area contributed by atoms with Gasteiger partial charge in [0.25, 0.3) is 0 Å². The minimum atomic E-state index is 0.327. The fraction of sp³-hybridized carbons (Fsp3) is 0.542. The summed E-state index contributed by atoms with van der Waals surface area (Å²) in [5.41, 5.74) is 4.11. The van der Waals surface area contributed by atoms with E-state index in [9.17, 15) is 5.26 Å². The van der Waals surface area contributed by atoms with Crippen molar-refractivity contribution in [1.29, 1.82) is 5.26 Å². The number of hydrogen-bond donors (Lipinski definition) is 0. The number of nitriles is 1. The Labute approximate surface area is 184 Å². The van der Waals surface area contributed by atoms with E-state index in [1.54, 1.807) is 0 Å². The van der Waals surface area contributed by atoms with Crippen LogP contribution in [0.2, 0.25) is 5.02 Å². The molecule has 2 fully saturated rings. The lowest BCUT2D eigenvalue weighted by Crippen LogP contribution is -2.42. The Morgan fingerprint density at radius 3 is 2.50 bits per heavy atom. The van der Waals surface area contributed by atoms with Crippen LogP contribution in [0.15, 0.2) is 24.3 Å². The summed E-state index contributed by atoms with van der Waals surface area (Å²) in [5.74, 6) is 1.40. The summed E-state index contributed by atoms with van der Waals surface area (Å²) in [6.45, 7) is 11.7. The second kappa shape index (κ2) is 8.07. The summed E-state index contributed by atoms with van der Waals surface area (Å²) in [6, 6.07) is 10.8. The Balaban J connectivity index is 1.47. The van der Waals surface area contributed by atoms with E-state index in [0.717, 1.165) is 49.6 Å². The molecule has 0 amide bonds. The van der Waals surface area contributed by atoms with Gasteiger partial charge in [0.05, 0.1) is 16.3 Å². The van der Waals surface area contributed by atoms with Crippen molar-refractivity contribution in [3.8, 4) is 6.07 Å². The van der Waals surface area contributed by atoms with Crippen molar-refractivity contribution >= 4 is 23.1 Å². The summed E-state index contributed by atoms with van der Waals surface area (Å²) in [5, 5.41) is 18.7. The van der Waals surface area contributed by atoms with Crippen molar-refractivity contribution in [3.63, 3.8) is 0 Å². The van der Waals surface area contributed by atoms with Gasteiger partial charge in [-0.05, 0) is 74.3 Å². The van der Waals surface area contributed by atoms with Crippen LogP contribution in [0.25, 0.3) is 0 Å². The van der Waals surface area contributed by atoms with Gasteiger partial charge in [0.15, 0.2) is 5.82 Å². The van der Waals surface area contributed by atoms with Crippen LogP contribution < -0.4 is 9.80 Å². The number of anilines is 2. The highest BCUT2D eigenvalue weighted by atomic mass is 35.5. The lowest BCUT2D eigenvalue weighted by atomic mass is 9.77. The van der Waals surface area contributed by atoms with Gasteiger partial charge in [0, 0.05) is 31.4 Å². The lowest BCUT2D eigenvalue weighted by Gasteiger charge is -2.39. The Hall–Kier alpha value is -2.32. The smallest absolute Gasteiger partial charge is 0.151 e. The van der Waals surface area contributed by atoms with Crippen molar-refractivity contribution in [3.05, 3.63) is 46.1 Å². The summed E-state index contributed by atoms with van der Waals surface area (Å²) in [6.07, 6.45) is 3.50. The zero-order chi connectivity index (χ0) is 21.5. The molecule has 0 unspecified atom stereocenters. The average molecular weight is 424 g/mol. The first kappa shape index (κ1) is 20.9. The van der Waals surface area contributed by atoms with Crippen LogP contribution in [-0.2, 0) is 0 Å². The Kier molecular flexibility index (Phi) is 5.63. The number of nitrogens with zero attached hydrogens (tertiary/aromatic N) is 5. The lowest BCUT2D eigenvalue weighted by molar-refractivity contribution is 0.244. The van der Waals surface area contributed by atoms with Crippen LogP contribution in [-0.4, -0.2) is 35.9 Å². The van der Waals surface area contributed by atoms with Crippen LogP contribution in [0.4, 0.5) is 11.5 Å². The first-order valence-electron chi connectivity index (χ1n) is 10.9. The van der Waals surface area contributed by atoms with E-state index in [4.69, 9.17) is 11.6 Å². The van der Waals surface area contributed by atoms with Crippen LogP contribution in [0.1, 0.15) is 62.8 Å². The van der Waals surface area contributed by atoms with E-state index >= 15 is 0 Å². The number of rotatable bonds is 3. The molecule has 2 aliphatic rings. The molecule has 1 aromatic carbocycles. The average Bonchev–Trinajstić information content (AvgIpc) is 3.06. The molecule has 0 radical (unpaired) electrons. The van der Waals surface area contributed by atoms with Gasteiger partial charge >= 0.3 is 0 Å². The van der Waals surface area contributed by atoms with Crippen molar-refractivity contribution in [1.82, 2.24) is 10.2 Å². The predicted molar refractivity (Wildman–Crippen MR) is 122 cm³/mol. The molecule has 30 heavy (non-hydrogen) atoms. The van der Waals surface area contributed by atoms with Crippen molar-refractivity contribution < 1.29 is 0 Å². The van der Waals surface area contributed by atoms with E-state index < -0.39 is 0 Å². The monoisotopic (exact) mass is 423 g/mol. The van der Waals surface area contributed by atoms with E-state index in [1.165, 1.54) is 12.1 Å².